The number of benzene rings is 2. The topological polar surface area (TPSA) is 38.2 Å². The van der Waals surface area contributed by atoms with Crippen molar-refractivity contribution in [3.63, 3.8) is 0 Å². The SMILES string of the molecule is COc1ccc(CN2CCc3nc(-c4ccc(Cl)cc4)ncc3C2)c(C)c1C. The van der Waals surface area contributed by atoms with Gasteiger partial charge in [-0.1, -0.05) is 17.7 Å². The molecule has 0 atom stereocenters. The van der Waals surface area contributed by atoms with E-state index >= 15 is 0 Å². The highest BCUT2D eigenvalue weighted by molar-refractivity contribution is 6.30. The van der Waals surface area contributed by atoms with Gasteiger partial charge in [0, 0.05) is 48.4 Å². The summed E-state index contributed by atoms with van der Waals surface area (Å²) >= 11 is 5.98. The van der Waals surface area contributed by atoms with E-state index in [4.69, 9.17) is 21.3 Å². The van der Waals surface area contributed by atoms with Gasteiger partial charge < -0.3 is 4.74 Å². The zero-order valence-corrected chi connectivity index (χ0v) is 17.3. The van der Waals surface area contributed by atoms with Crippen LogP contribution in [0.3, 0.4) is 0 Å². The van der Waals surface area contributed by atoms with Gasteiger partial charge in [-0.25, -0.2) is 9.97 Å². The Hall–Kier alpha value is -2.43. The summed E-state index contributed by atoms with van der Waals surface area (Å²) in [5.74, 6) is 1.72. The molecule has 0 saturated carbocycles. The maximum absolute atomic E-state index is 5.98. The number of nitrogens with zero attached hydrogens (tertiary/aromatic N) is 3. The highest BCUT2D eigenvalue weighted by atomic mass is 35.5. The predicted molar refractivity (Wildman–Crippen MR) is 113 cm³/mol. The van der Waals surface area contributed by atoms with Crippen LogP contribution in [0.25, 0.3) is 11.4 Å². The molecular formula is C23H24ClN3O. The number of hydrogen-bond acceptors (Lipinski definition) is 4. The summed E-state index contributed by atoms with van der Waals surface area (Å²) in [6.07, 6.45) is 2.91. The molecule has 1 aliphatic rings. The molecule has 3 aromatic rings. The van der Waals surface area contributed by atoms with Gasteiger partial charge >= 0.3 is 0 Å². The molecule has 5 heteroatoms. The first-order chi connectivity index (χ1) is 13.5. The molecule has 0 bridgehead atoms. The minimum Gasteiger partial charge on any atom is -0.496 e. The number of hydrogen-bond donors (Lipinski definition) is 0. The van der Waals surface area contributed by atoms with E-state index in [0.717, 1.165) is 53.9 Å². The van der Waals surface area contributed by atoms with Crippen LogP contribution in [0.1, 0.15) is 27.9 Å². The van der Waals surface area contributed by atoms with E-state index in [0.29, 0.717) is 0 Å². The first-order valence-corrected chi connectivity index (χ1v) is 9.89. The first kappa shape index (κ1) is 18.9. The lowest BCUT2D eigenvalue weighted by atomic mass is 10.0. The third kappa shape index (κ3) is 3.75. The second-order valence-electron chi connectivity index (χ2n) is 7.31. The van der Waals surface area contributed by atoms with Gasteiger partial charge in [-0.05, 0) is 60.9 Å². The average Bonchev–Trinajstić information content (AvgIpc) is 2.72. The Balaban J connectivity index is 1.51. The van der Waals surface area contributed by atoms with E-state index < -0.39 is 0 Å². The van der Waals surface area contributed by atoms with E-state index in [9.17, 15) is 0 Å². The predicted octanol–water partition coefficient (Wildman–Crippen LogP) is 4.98. The van der Waals surface area contributed by atoms with Gasteiger partial charge in [-0.3, -0.25) is 4.90 Å². The fraction of sp³-hybridized carbons (Fsp3) is 0.304. The van der Waals surface area contributed by atoms with E-state index in [1.165, 1.54) is 22.3 Å². The molecule has 0 fully saturated rings. The zero-order chi connectivity index (χ0) is 19.7. The van der Waals surface area contributed by atoms with Crippen LogP contribution in [-0.2, 0) is 19.5 Å². The molecule has 28 heavy (non-hydrogen) atoms. The third-order valence-electron chi connectivity index (χ3n) is 5.58. The Labute approximate surface area is 171 Å². The highest BCUT2D eigenvalue weighted by Crippen LogP contribution is 2.27. The molecule has 4 nitrogen and oxygen atoms in total. The van der Waals surface area contributed by atoms with Crippen LogP contribution in [0.15, 0.2) is 42.6 Å². The highest BCUT2D eigenvalue weighted by Gasteiger charge is 2.20. The summed E-state index contributed by atoms with van der Waals surface area (Å²) in [5, 5.41) is 0.724. The third-order valence-corrected chi connectivity index (χ3v) is 5.83. The molecule has 144 valence electrons. The summed E-state index contributed by atoms with van der Waals surface area (Å²) in [7, 11) is 1.72. The van der Waals surface area contributed by atoms with Crippen LogP contribution in [0, 0.1) is 13.8 Å². The van der Waals surface area contributed by atoms with Crippen molar-refractivity contribution in [2.24, 2.45) is 0 Å². The Kier molecular flexibility index (Phi) is 5.33. The number of methoxy groups -OCH3 is 1. The Morgan fingerprint density at radius 1 is 1.07 bits per heavy atom. The van der Waals surface area contributed by atoms with Crippen LogP contribution in [-0.4, -0.2) is 28.5 Å². The number of halogens is 1. The molecule has 2 heterocycles. The molecule has 1 aliphatic heterocycles. The van der Waals surface area contributed by atoms with Crippen molar-refractivity contribution in [3.05, 3.63) is 75.6 Å². The fourth-order valence-electron chi connectivity index (χ4n) is 3.73. The summed E-state index contributed by atoms with van der Waals surface area (Å²) in [5.41, 5.74) is 7.23. The summed E-state index contributed by atoms with van der Waals surface area (Å²) in [6, 6.07) is 11.9. The second kappa shape index (κ2) is 7.90. The molecule has 0 N–H and O–H groups in total. The van der Waals surface area contributed by atoms with Gasteiger partial charge in [-0.15, -0.1) is 0 Å². The van der Waals surface area contributed by atoms with E-state index in [1.807, 2.05) is 30.5 Å². The summed E-state index contributed by atoms with van der Waals surface area (Å²) in [6.45, 7) is 7.09. The summed E-state index contributed by atoms with van der Waals surface area (Å²) < 4.78 is 5.43. The lowest BCUT2D eigenvalue weighted by Gasteiger charge is -2.29. The Morgan fingerprint density at radius 2 is 1.86 bits per heavy atom. The van der Waals surface area contributed by atoms with Crippen LogP contribution < -0.4 is 4.74 Å². The molecule has 0 unspecified atom stereocenters. The van der Waals surface area contributed by atoms with Gasteiger partial charge in [0.15, 0.2) is 5.82 Å². The number of fused-ring (bicyclic) bond motifs is 1. The minimum absolute atomic E-state index is 0.724. The lowest BCUT2D eigenvalue weighted by molar-refractivity contribution is 0.242. The molecule has 0 amide bonds. The van der Waals surface area contributed by atoms with Gasteiger partial charge in [0.05, 0.1) is 12.8 Å². The van der Waals surface area contributed by atoms with Gasteiger partial charge in [0.2, 0.25) is 0 Å². The smallest absolute Gasteiger partial charge is 0.159 e. The first-order valence-electron chi connectivity index (χ1n) is 9.51. The molecule has 0 aliphatic carbocycles. The number of aromatic nitrogens is 2. The van der Waals surface area contributed by atoms with Crippen LogP contribution in [0.5, 0.6) is 5.75 Å². The van der Waals surface area contributed by atoms with Crippen LogP contribution in [0.4, 0.5) is 0 Å². The Morgan fingerprint density at radius 3 is 2.61 bits per heavy atom. The van der Waals surface area contributed by atoms with Crippen molar-refractivity contribution in [1.29, 1.82) is 0 Å². The maximum Gasteiger partial charge on any atom is 0.159 e. The lowest BCUT2D eigenvalue weighted by Crippen LogP contribution is -2.31. The molecule has 0 saturated heterocycles. The van der Waals surface area contributed by atoms with E-state index in [-0.39, 0.29) is 0 Å². The second-order valence-corrected chi connectivity index (χ2v) is 7.75. The largest absolute Gasteiger partial charge is 0.496 e. The zero-order valence-electron chi connectivity index (χ0n) is 16.5. The minimum atomic E-state index is 0.724. The Bertz CT molecular complexity index is 1000. The number of rotatable bonds is 4. The monoisotopic (exact) mass is 393 g/mol. The van der Waals surface area contributed by atoms with E-state index in [2.05, 4.69) is 35.9 Å². The van der Waals surface area contributed by atoms with Crippen molar-refractivity contribution < 1.29 is 4.74 Å². The molecule has 4 rings (SSSR count). The van der Waals surface area contributed by atoms with Crippen molar-refractivity contribution >= 4 is 11.6 Å². The van der Waals surface area contributed by atoms with Gasteiger partial charge in [0.25, 0.3) is 0 Å². The normalized spacial score (nSPS) is 14.0. The van der Waals surface area contributed by atoms with Crippen LogP contribution in [0.2, 0.25) is 5.02 Å². The number of ether oxygens (including phenoxy) is 1. The molecule has 0 radical (unpaired) electrons. The van der Waals surface area contributed by atoms with Crippen molar-refractivity contribution in [2.45, 2.75) is 33.4 Å². The van der Waals surface area contributed by atoms with E-state index in [1.54, 1.807) is 7.11 Å². The van der Waals surface area contributed by atoms with Gasteiger partial charge in [0.1, 0.15) is 5.75 Å². The standard InChI is InChI=1S/C23H24ClN3O/c1-15-16(2)22(28-3)9-6-18(15)13-27-11-10-21-19(14-27)12-25-23(26-21)17-4-7-20(24)8-5-17/h4-9,12H,10-11,13-14H2,1-3H3. The quantitative estimate of drug-likeness (QED) is 0.626. The maximum atomic E-state index is 5.98. The van der Waals surface area contributed by atoms with Crippen molar-refractivity contribution in [1.82, 2.24) is 14.9 Å². The molecule has 2 aromatic carbocycles. The summed E-state index contributed by atoms with van der Waals surface area (Å²) in [4.78, 5) is 11.9. The van der Waals surface area contributed by atoms with Crippen LogP contribution >= 0.6 is 11.6 Å². The van der Waals surface area contributed by atoms with Gasteiger partial charge in [-0.2, -0.15) is 0 Å². The van der Waals surface area contributed by atoms with Crippen molar-refractivity contribution in [3.8, 4) is 17.1 Å². The molecular weight excluding hydrogens is 370 g/mol. The van der Waals surface area contributed by atoms with Crippen molar-refractivity contribution in [2.75, 3.05) is 13.7 Å². The molecule has 1 aromatic heterocycles. The fourth-order valence-corrected chi connectivity index (χ4v) is 3.86. The average molecular weight is 394 g/mol. The molecule has 0 spiro atoms.